The number of hydrogen-bond acceptors (Lipinski definition) is 3. The first-order valence-corrected chi connectivity index (χ1v) is 9.93. The Morgan fingerprint density at radius 3 is 2.54 bits per heavy atom. The Kier molecular flexibility index (Phi) is 6.86. The molecule has 0 unspecified atom stereocenters. The lowest BCUT2D eigenvalue weighted by Crippen LogP contribution is -2.48. The number of pyridine rings is 1. The average molecular weight is 358 g/mol. The van der Waals surface area contributed by atoms with Crippen LogP contribution in [-0.2, 0) is 11.3 Å². The molecule has 1 aliphatic heterocycles. The molecule has 0 bridgehead atoms. The van der Waals surface area contributed by atoms with E-state index in [1.54, 1.807) is 6.20 Å². The summed E-state index contributed by atoms with van der Waals surface area (Å²) >= 11 is 0. The summed E-state index contributed by atoms with van der Waals surface area (Å²) in [6.07, 6.45) is 10.0. The summed E-state index contributed by atoms with van der Waals surface area (Å²) in [4.78, 5) is 30.6. The summed E-state index contributed by atoms with van der Waals surface area (Å²) in [5.74, 6) is 0.429. The first kappa shape index (κ1) is 18.7. The van der Waals surface area contributed by atoms with E-state index in [0.29, 0.717) is 24.9 Å². The van der Waals surface area contributed by atoms with Gasteiger partial charge in [0.2, 0.25) is 5.91 Å². The van der Waals surface area contributed by atoms with Gasteiger partial charge >= 0.3 is 6.03 Å². The van der Waals surface area contributed by atoms with E-state index in [0.717, 1.165) is 44.5 Å². The van der Waals surface area contributed by atoms with Crippen LogP contribution in [0.25, 0.3) is 0 Å². The van der Waals surface area contributed by atoms with Gasteiger partial charge in [-0.15, -0.1) is 0 Å². The highest BCUT2D eigenvalue weighted by Gasteiger charge is 2.26. The number of amides is 3. The molecule has 1 aromatic heterocycles. The number of aromatic nitrogens is 1. The van der Waals surface area contributed by atoms with Crippen LogP contribution in [0, 0.1) is 5.92 Å². The van der Waals surface area contributed by atoms with Gasteiger partial charge in [-0.2, -0.15) is 0 Å². The van der Waals surface area contributed by atoms with Gasteiger partial charge in [-0.25, -0.2) is 4.79 Å². The fourth-order valence-corrected chi connectivity index (χ4v) is 3.88. The van der Waals surface area contributed by atoms with Gasteiger partial charge in [0.25, 0.3) is 0 Å². The van der Waals surface area contributed by atoms with Crippen LogP contribution in [0.15, 0.2) is 24.4 Å². The molecule has 1 saturated heterocycles. The lowest BCUT2D eigenvalue weighted by molar-refractivity contribution is -0.122. The number of nitrogens with zero attached hydrogens (tertiary/aromatic N) is 2. The molecule has 1 aliphatic carbocycles. The highest BCUT2D eigenvalue weighted by molar-refractivity contribution is 5.76. The molecule has 6 nitrogen and oxygen atoms in total. The van der Waals surface area contributed by atoms with Gasteiger partial charge in [0.1, 0.15) is 0 Å². The maximum Gasteiger partial charge on any atom is 0.317 e. The molecule has 142 valence electrons. The van der Waals surface area contributed by atoms with Crippen LogP contribution in [0.4, 0.5) is 4.79 Å². The van der Waals surface area contributed by atoms with Gasteiger partial charge in [0, 0.05) is 31.7 Å². The molecule has 0 radical (unpaired) electrons. The van der Waals surface area contributed by atoms with Crippen LogP contribution < -0.4 is 10.6 Å². The summed E-state index contributed by atoms with van der Waals surface area (Å²) in [7, 11) is 0. The number of nitrogens with one attached hydrogen (secondary N) is 2. The zero-order valence-corrected chi connectivity index (χ0v) is 15.5. The molecule has 2 heterocycles. The minimum atomic E-state index is 0.0701. The lowest BCUT2D eigenvalue weighted by Gasteiger charge is -2.33. The summed E-state index contributed by atoms with van der Waals surface area (Å²) < 4.78 is 0. The van der Waals surface area contributed by atoms with Gasteiger partial charge in [-0.1, -0.05) is 25.3 Å². The predicted octanol–water partition coefficient (Wildman–Crippen LogP) is 2.84. The van der Waals surface area contributed by atoms with Crippen molar-refractivity contribution in [3.8, 4) is 0 Å². The van der Waals surface area contributed by atoms with Crippen molar-refractivity contribution in [3.05, 3.63) is 30.1 Å². The van der Waals surface area contributed by atoms with Gasteiger partial charge in [-0.05, 0) is 43.7 Å². The fourth-order valence-electron chi connectivity index (χ4n) is 3.88. The van der Waals surface area contributed by atoms with Crippen molar-refractivity contribution >= 4 is 11.9 Å². The van der Waals surface area contributed by atoms with Crippen LogP contribution in [0.3, 0.4) is 0 Å². The van der Waals surface area contributed by atoms with Crippen molar-refractivity contribution in [2.75, 3.05) is 13.1 Å². The number of urea groups is 1. The Balaban J connectivity index is 1.34. The Morgan fingerprint density at radius 2 is 1.85 bits per heavy atom. The van der Waals surface area contributed by atoms with E-state index in [9.17, 15) is 9.59 Å². The van der Waals surface area contributed by atoms with Crippen LogP contribution >= 0.6 is 0 Å². The standard InChI is InChI=1S/C20H30N4O2/c25-19(22-15-18-8-4-5-11-21-18)14-16-9-12-24(13-10-16)20(26)23-17-6-2-1-3-7-17/h4-5,8,11,16-17H,1-3,6-7,9-10,12-15H2,(H,22,25)(H,23,26). The number of carbonyl (C=O) groups is 2. The van der Waals surface area contributed by atoms with Crippen molar-refractivity contribution in [1.82, 2.24) is 20.5 Å². The van der Waals surface area contributed by atoms with Gasteiger partial charge in [0.05, 0.1) is 12.2 Å². The molecule has 0 spiro atoms. The van der Waals surface area contributed by atoms with Gasteiger partial charge < -0.3 is 15.5 Å². The third-order valence-corrected chi connectivity index (χ3v) is 5.50. The average Bonchev–Trinajstić information content (AvgIpc) is 2.68. The summed E-state index contributed by atoms with van der Waals surface area (Å²) in [6.45, 7) is 1.97. The van der Waals surface area contributed by atoms with Crippen molar-refractivity contribution in [2.24, 2.45) is 5.92 Å². The third-order valence-electron chi connectivity index (χ3n) is 5.50. The highest BCUT2D eigenvalue weighted by atomic mass is 16.2. The lowest BCUT2D eigenvalue weighted by atomic mass is 9.93. The smallest absolute Gasteiger partial charge is 0.317 e. The molecule has 2 N–H and O–H groups in total. The van der Waals surface area contributed by atoms with Crippen molar-refractivity contribution < 1.29 is 9.59 Å². The van der Waals surface area contributed by atoms with E-state index >= 15 is 0 Å². The maximum absolute atomic E-state index is 12.4. The molecule has 0 atom stereocenters. The molecule has 2 aliphatic rings. The second-order valence-electron chi connectivity index (χ2n) is 7.52. The Hall–Kier alpha value is -2.11. The largest absolute Gasteiger partial charge is 0.350 e. The monoisotopic (exact) mass is 358 g/mol. The van der Waals surface area contributed by atoms with Crippen LogP contribution in [0.2, 0.25) is 0 Å². The molecule has 1 aromatic rings. The van der Waals surface area contributed by atoms with E-state index in [1.807, 2.05) is 23.1 Å². The molecular formula is C20H30N4O2. The summed E-state index contributed by atoms with van der Waals surface area (Å²) in [5.41, 5.74) is 0.870. The summed E-state index contributed by atoms with van der Waals surface area (Å²) in [5, 5.41) is 6.12. The number of rotatable bonds is 5. The fraction of sp³-hybridized carbons (Fsp3) is 0.650. The second-order valence-corrected chi connectivity index (χ2v) is 7.52. The molecule has 3 rings (SSSR count). The molecule has 0 aromatic carbocycles. The molecule has 3 amide bonds. The number of piperidine rings is 1. The SMILES string of the molecule is O=C(CC1CCN(C(=O)NC2CCCCC2)CC1)NCc1ccccn1. The number of carbonyl (C=O) groups excluding carboxylic acids is 2. The summed E-state index contributed by atoms with van der Waals surface area (Å²) in [6, 6.07) is 6.12. The van der Waals surface area contributed by atoms with E-state index in [-0.39, 0.29) is 11.9 Å². The van der Waals surface area contributed by atoms with Crippen molar-refractivity contribution in [3.63, 3.8) is 0 Å². The Bertz CT molecular complexity index is 579. The molecular weight excluding hydrogens is 328 g/mol. The second kappa shape index (κ2) is 9.55. The zero-order chi connectivity index (χ0) is 18.2. The van der Waals surface area contributed by atoms with E-state index in [4.69, 9.17) is 0 Å². The normalized spacial score (nSPS) is 19.2. The molecule has 1 saturated carbocycles. The van der Waals surface area contributed by atoms with Gasteiger partial charge in [0.15, 0.2) is 0 Å². The van der Waals surface area contributed by atoms with Crippen molar-refractivity contribution in [1.29, 1.82) is 0 Å². The van der Waals surface area contributed by atoms with Crippen molar-refractivity contribution in [2.45, 2.75) is 64.0 Å². The quantitative estimate of drug-likeness (QED) is 0.850. The first-order valence-electron chi connectivity index (χ1n) is 9.93. The first-order chi connectivity index (χ1) is 12.7. The molecule has 6 heteroatoms. The number of likely N-dealkylation sites (tertiary alicyclic amines) is 1. The topological polar surface area (TPSA) is 74.3 Å². The Morgan fingerprint density at radius 1 is 1.08 bits per heavy atom. The molecule has 2 fully saturated rings. The van der Waals surface area contributed by atoms with Crippen LogP contribution in [-0.4, -0.2) is 41.0 Å². The van der Waals surface area contributed by atoms with Crippen LogP contribution in [0.1, 0.15) is 57.1 Å². The Labute approximate surface area is 155 Å². The zero-order valence-electron chi connectivity index (χ0n) is 15.5. The van der Waals surface area contributed by atoms with E-state index in [1.165, 1.54) is 19.3 Å². The van der Waals surface area contributed by atoms with Crippen LogP contribution in [0.5, 0.6) is 0 Å². The third kappa shape index (κ3) is 5.71. The molecule has 26 heavy (non-hydrogen) atoms. The van der Waals surface area contributed by atoms with Gasteiger partial charge in [-0.3, -0.25) is 9.78 Å². The minimum absolute atomic E-state index is 0.0701. The number of hydrogen-bond donors (Lipinski definition) is 2. The predicted molar refractivity (Wildman–Crippen MR) is 100 cm³/mol. The van der Waals surface area contributed by atoms with E-state index < -0.39 is 0 Å². The highest BCUT2D eigenvalue weighted by Crippen LogP contribution is 2.22. The van der Waals surface area contributed by atoms with E-state index in [2.05, 4.69) is 15.6 Å². The maximum atomic E-state index is 12.4. The minimum Gasteiger partial charge on any atom is -0.350 e.